The second-order valence-electron chi connectivity index (χ2n) is 5.41. The van der Waals surface area contributed by atoms with Crippen molar-refractivity contribution in [3.8, 4) is 0 Å². The second kappa shape index (κ2) is 7.94. The Hall–Kier alpha value is -2.38. The molecule has 0 radical (unpaired) electrons. The fourth-order valence-corrected chi connectivity index (χ4v) is 1.93. The van der Waals surface area contributed by atoms with Gasteiger partial charge >= 0.3 is 6.18 Å². The van der Waals surface area contributed by atoms with Crippen LogP contribution in [0.4, 0.5) is 24.9 Å². The Morgan fingerprint density at radius 2 is 2.00 bits per heavy atom. The summed E-state index contributed by atoms with van der Waals surface area (Å²) in [4.78, 5) is 11.8. The quantitative estimate of drug-likeness (QED) is 0.804. The molecule has 0 saturated heterocycles. The molecule has 2 rings (SSSR count). The lowest BCUT2D eigenvalue weighted by molar-refractivity contribution is -0.141. The number of halogens is 3. The van der Waals surface area contributed by atoms with Gasteiger partial charge in [0.25, 0.3) is 0 Å². The van der Waals surface area contributed by atoms with Crippen molar-refractivity contribution in [1.29, 1.82) is 0 Å². The molecule has 2 heterocycles. The van der Waals surface area contributed by atoms with Crippen LogP contribution in [0.15, 0.2) is 30.5 Å². The van der Waals surface area contributed by atoms with Gasteiger partial charge in [-0.15, -0.1) is 0 Å². The van der Waals surface area contributed by atoms with E-state index in [-0.39, 0.29) is 17.8 Å². The van der Waals surface area contributed by atoms with Crippen LogP contribution in [0.2, 0.25) is 0 Å². The Balaban J connectivity index is 2.10. The van der Waals surface area contributed by atoms with Crippen molar-refractivity contribution in [1.82, 2.24) is 15.0 Å². The minimum Gasteiger partial charge on any atom is -0.370 e. The van der Waals surface area contributed by atoms with E-state index in [0.717, 1.165) is 18.2 Å². The molecule has 2 N–H and O–H groups in total. The van der Waals surface area contributed by atoms with Crippen LogP contribution in [-0.4, -0.2) is 27.5 Å². The average Bonchev–Trinajstić information content (AvgIpc) is 2.55. The van der Waals surface area contributed by atoms with E-state index in [1.165, 1.54) is 0 Å². The van der Waals surface area contributed by atoms with Gasteiger partial charge in [-0.3, -0.25) is 4.98 Å². The summed E-state index contributed by atoms with van der Waals surface area (Å²) in [7, 11) is 0. The van der Waals surface area contributed by atoms with E-state index in [0.29, 0.717) is 13.0 Å². The Bertz CT molecular complexity index is 646. The first kappa shape index (κ1) is 18.0. The van der Waals surface area contributed by atoms with Crippen LogP contribution in [0, 0.1) is 0 Å². The van der Waals surface area contributed by atoms with Gasteiger partial charge in [0.2, 0.25) is 5.95 Å². The maximum Gasteiger partial charge on any atom is 0.433 e. The highest BCUT2D eigenvalue weighted by molar-refractivity contribution is 5.43. The molecule has 0 fully saturated rings. The number of alkyl halides is 3. The number of rotatable bonds is 7. The lowest BCUT2D eigenvalue weighted by Crippen LogP contribution is -2.19. The summed E-state index contributed by atoms with van der Waals surface area (Å²) < 4.78 is 39.0. The van der Waals surface area contributed by atoms with Gasteiger partial charge in [-0.05, 0) is 25.5 Å². The van der Waals surface area contributed by atoms with Crippen molar-refractivity contribution >= 4 is 11.8 Å². The number of nitrogens with one attached hydrogen (secondary N) is 2. The highest BCUT2D eigenvalue weighted by Gasteiger charge is 2.33. The van der Waals surface area contributed by atoms with Crippen molar-refractivity contribution in [2.75, 3.05) is 17.2 Å². The second-order valence-corrected chi connectivity index (χ2v) is 5.41. The molecule has 130 valence electrons. The maximum atomic E-state index is 13.0. The standard InChI is InChI=1S/C16H20F3N5/c1-3-11(2)22-15-23-13(16(17,18)19)10-14(24-15)21-9-7-12-6-4-5-8-20-12/h4-6,8,10-11H,3,7,9H2,1-2H3,(H2,21,22,23,24)/t11-/m0/s1. The zero-order valence-corrected chi connectivity index (χ0v) is 13.6. The summed E-state index contributed by atoms with van der Waals surface area (Å²) in [6.07, 6.45) is -1.51. The Kier molecular flexibility index (Phi) is 5.94. The summed E-state index contributed by atoms with van der Waals surface area (Å²) >= 11 is 0. The topological polar surface area (TPSA) is 62.7 Å². The van der Waals surface area contributed by atoms with Gasteiger partial charge in [-0.25, -0.2) is 4.98 Å². The third-order valence-corrected chi connectivity index (χ3v) is 3.42. The Labute approximate surface area is 138 Å². The smallest absolute Gasteiger partial charge is 0.370 e. The van der Waals surface area contributed by atoms with Gasteiger partial charge < -0.3 is 10.6 Å². The molecule has 2 aromatic rings. The molecule has 24 heavy (non-hydrogen) atoms. The number of hydrogen-bond donors (Lipinski definition) is 2. The van der Waals surface area contributed by atoms with Gasteiger partial charge in [-0.2, -0.15) is 18.2 Å². The highest BCUT2D eigenvalue weighted by atomic mass is 19.4. The monoisotopic (exact) mass is 339 g/mol. The van der Waals surface area contributed by atoms with E-state index in [4.69, 9.17) is 0 Å². The zero-order chi connectivity index (χ0) is 17.6. The predicted molar refractivity (Wildman–Crippen MR) is 86.8 cm³/mol. The van der Waals surface area contributed by atoms with Crippen molar-refractivity contribution in [2.45, 2.75) is 38.9 Å². The molecule has 0 spiro atoms. The van der Waals surface area contributed by atoms with Crippen LogP contribution >= 0.6 is 0 Å². The molecule has 8 heteroatoms. The van der Waals surface area contributed by atoms with Gasteiger partial charge in [0.1, 0.15) is 5.82 Å². The number of anilines is 2. The van der Waals surface area contributed by atoms with E-state index < -0.39 is 11.9 Å². The van der Waals surface area contributed by atoms with Crippen LogP contribution in [0.3, 0.4) is 0 Å². The lowest BCUT2D eigenvalue weighted by atomic mass is 10.2. The van der Waals surface area contributed by atoms with Crippen LogP contribution < -0.4 is 10.6 Å². The number of hydrogen-bond acceptors (Lipinski definition) is 5. The summed E-state index contributed by atoms with van der Waals surface area (Å²) in [6.45, 7) is 4.21. The fraction of sp³-hybridized carbons (Fsp3) is 0.438. The molecule has 0 amide bonds. The minimum absolute atomic E-state index is 0.0187. The first-order valence-electron chi connectivity index (χ1n) is 7.75. The molecular formula is C16H20F3N5. The molecule has 0 aliphatic heterocycles. The Morgan fingerprint density at radius 3 is 2.62 bits per heavy atom. The van der Waals surface area contributed by atoms with Gasteiger partial charge in [0.15, 0.2) is 5.69 Å². The number of nitrogens with zero attached hydrogens (tertiary/aromatic N) is 3. The van der Waals surface area contributed by atoms with Gasteiger partial charge in [0.05, 0.1) is 0 Å². The fourth-order valence-electron chi connectivity index (χ4n) is 1.93. The lowest BCUT2D eigenvalue weighted by Gasteiger charge is -2.15. The van der Waals surface area contributed by atoms with Crippen molar-refractivity contribution in [3.05, 3.63) is 41.9 Å². The third kappa shape index (κ3) is 5.36. The van der Waals surface area contributed by atoms with Gasteiger partial charge in [0, 0.05) is 37.0 Å². The van der Waals surface area contributed by atoms with E-state index in [9.17, 15) is 13.2 Å². The first-order chi connectivity index (χ1) is 11.4. The summed E-state index contributed by atoms with van der Waals surface area (Å²) in [5.41, 5.74) is -0.114. The zero-order valence-electron chi connectivity index (χ0n) is 13.6. The Morgan fingerprint density at radius 1 is 1.21 bits per heavy atom. The normalized spacial score (nSPS) is 12.7. The first-order valence-corrected chi connectivity index (χ1v) is 7.75. The largest absolute Gasteiger partial charge is 0.433 e. The molecule has 2 aromatic heterocycles. The number of pyridine rings is 1. The third-order valence-electron chi connectivity index (χ3n) is 3.42. The summed E-state index contributed by atoms with van der Waals surface area (Å²) in [5, 5.41) is 5.78. The summed E-state index contributed by atoms with van der Waals surface area (Å²) in [6, 6.07) is 6.43. The molecule has 0 unspecified atom stereocenters. The number of aromatic nitrogens is 3. The predicted octanol–water partition coefficient (Wildman–Crippen LogP) is 3.76. The molecular weight excluding hydrogens is 319 g/mol. The molecule has 0 saturated carbocycles. The highest BCUT2D eigenvalue weighted by Crippen LogP contribution is 2.29. The molecule has 0 bridgehead atoms. The van der Waals surface area contributed by atoms with E-state index >= 15 is 0 Å². The summed E-state index contributed by atoms with van der Waals surface area (Å²) in [5.74, 6) is 0.110. The molecule has 1 atom stereocenters. The average molecular weight is 339 g/mol. The van der Waals surface area contributed by atoms with Crippen LogP contribution in [0.1, 0.15) is 31.7 Å². The maximum absolute atomic E-state index is 13.0. The van der Waals surface area contributed by atoms with Crippen LogP contribution in [0.5, 0.6) is 0 Å². The SMILES string of the molecule is CC[C@H](C)Nc1nc(NCCc2ccccn2)cc(C(F)(F)F)n1. The minimum atomic E-state index is -4.52. The van der Waals surface area contributed by atoms with Gasteiger partial charge in [-0.1, -0.05) is 13.0 Å². The van der Waals surface area contributed by atoms with Crippen molar-refractivity contribution < 1.29 is 13.2 Å². The van der Waals surface area contributed by atoms with Crippen molar-refractivity contribution in [2.24, 2.45) is 0 Å². The molecule has 0 aromatic carbocycles. The van der Waals surface area contributed by atoms with Crippen LogP contribution in [0.25, 0.3) is 0 Å². The molecule has 5 nitrogen and oxygen atoms in total. The van der Waals surface area contributed by atoms with Crippen molar-refractivity contribution in [3.63, 3.8) is 0 Å². The molecule has 0 aliphatic rings. The molecule has 0 aliphatic carbocycles. The van der Waals surface area contributed by atoms with Crippen LogP contribution in [-0.2, 0) is 12.6 Å². The van der Waals surface area contributed by atoms with E-state index in [1.54, 1.807) is 6.20 Å². The van der Waals surface area contributed by atoms with E-state index in [2.05, 4.69) is 25.6 Å². The van der Waals surface area contributed by atoms with E-state index in [1.807, 2.05) is 32.0 Å².